The fourth-order valence-corrected chi connectivity index (χ4v) is 2.45. The molecule has 0 spiro atoms. The normalized spacial score (nSPS) is 12.4. The Morgan fingerprint density at radius 1 is 1.42 bits per heavy atom. The van der Waals surface area contributed by atoms with E-state index in [1.54, 1.807) is 0 Å². The number of aryl methyl sites for hydroxylation is 1. The maximum absolute atomic E-state index is 13.1. The Hall–Kier alpha value is -2.36. The number of carbonyl (C=O) groups is 2. The van der Waals surface area contributed by atoms with Crippen LogP contribution in [0.2, 0.25) is 0 Å². The lowest BCUT2D eigenvalue weighted by molar-refractivity contribution is -0.154. The van der Waals surface area contributed by atoms with Crippen LogP contribution in [0, 0.1) is 12.8 Å². The minimum Gasteiger partial charge on any atom is -0.286 e. The van der Waals surface area contributed by atoms with E-state index in [0.29, 0.717) is 17.9 Å². The zero-order chi connectivity index (χ0) is 19.7. The monoisotopic (exact) mass is 376 g/mol. The average molecular weight is 376 g/mol. The fraction of sp³-hybridized carbons (Fsp3) is 0.562. The molecule has 26 heavy (non-hydrogen) atoms. The SMILES string of the molecule is CCCCCC(CN(O)C=O)C(=O)NNc1nccc(C)c1C(F)(F)F. The summed E-state index contributed by atoms with van der Waals surface area (Å²) in [6.07, 6.45) is -0.466. The molecule has 1 aromatic rings. The highest BCUT2D eigenvalue weighted by Gasteiger charge is 2.36. The number of alkyl halides is 3. The van der Waals surface area contributed by atoms with Crippen molar-refractivity contribution in [1.29, 1.82) is 0 Å². The quantitative estimate of drug-likeness (QED) is 0.253. The number of hydrogen-bond acceptors (Lipinski definition) is 5. The second-order valence-corrected chi connectivity index (χ2v) is 5.88. The minimum absolute atomic E-state index is 0.0359. The number of hydrogen-bond donors (Lipinski definition) is 3. The predicted molar refractivity (Wildman–Crippen MR) is 87.9 cm³/mol. The van der Waals surface area contributed by atoms with Gasteiger partial charge in [-0.25, -0.2) is 10.0 Å². The Morgan fingerprint density at radius 2 is 2.12 bits per heavy atom. The molecule has 1 unspecified atom stereocenters. The molecule has 0 fully saturated rings. The number of amides is 2. The van der Waals surface area contributed by atoms with Crippen LogP contribution in [-0.4, -0.2) is 34.1 Å². The Labute approximate surface area is 149 Å². The summed E-state index contributed by atoms with van der Waals surface area (Å²) in [7, 11) is 0. The third-order valence-electron chi connectivity index (χ3n) is 3.80. The molecule has 146 valence electrons. The van der Waals surface area contributed by atoms with Gasteiger partial charge in [0.15, 0.2) is 5.82 Å². The van der Waals surface area contributed by atoms with Crippen molar-refractivity contribution in [2.75, 3.05) is 12.0 Å². The van der Waals surface area contributed by atoms with E-state index in [-0.39, 0.29) is 18.5 Å². The Morgan fingerprint density at radius 3 is 2.69 bits per heavy atom. The first kappa shape index (κ1) is 21.7. The van der Waals surface area contributed by atoms with Crippen LogP contribution in [0.15, 0.2) is 12.3 Å². The Balaban J connectivity index is 2.84. The topological polar surface area (TPSA) is 94.6 Å². The van der Waals surface area contributed by atoms with Crippen molar-refractivity contribution in [1.82, 2.24) is 15.5 Å². The lowest BCUT2D eigenvalue weighted by Crippen LogP contribution is -2.40. The third kappa shape index (κ3) is 6.51. The summed E-state index contributed by atoms with van der Waals surface area (Å²) in [5.41, 5.74) is 3.38. The van der Waals surface area contributed by atoms with Crippen LogP contribution in [0.5, 0.6) is 0 Å². The van der Waals surface area contributed by atoms with Crippen molar-refractivity contribution >= 4 is 18.1 Å². The van der Waals surface area contributed by atoms with Gasteiger partial charge in [-0.2, -0.15) is 13.2 Å². The third-order valence-corrected chi connectivity index (χ3v) is 3.80. The molecule has 0 saturated carbocycles. The molecule has 0 aromatic carbocycles. The van der Waals surface area contributed by atoms with Gasteiger partial charge in [0, 0.05) is 6.20 Å². The zero-order valence-corrected chi connectivity index (χ0v) is 14.6. The second kappa shape index (κ2) is 9.95. The first-order valence-electron chi connectivity index (χ1n) is 8.20. The van der Waals surface area contributed by atoms with Gasteiger partial charge >= 0.3 is 6.18 Å². The number of hydroxylamine groups is 2. The molecule has 1 rings (SSSR count). The van der Waals surface area contributed by atoms with Crippen LogP contribution >= 0.6 is 0 Å². The summed E-state index contributed by atoms with van der Waals surface area (Å²) in [5, 5.41) is 9.65. The van der Waals surface area contributed by atoms with Gasteiger partial charge in [0.1, 0.15) is 5.56 Å². The maximum atomic E-state index is 13.1. The molecule has 0 bridgehead atoms. The van der Waals surface area contributed by atoms with E-state index < -0.39 is 29.4 Å². The van der Waals surface area contributed by atoms with E-state index in [0.717, 1.165) is 12.8 Å². The molecule has 0 aliphatic carbocycles. The molecular weight excluding hydrogens is 353 g/mol. The van der Waals surface area contributed by atoms with Crippen LogP contribution in [0.3, 0.4) is 0 Å². The summed E-state index contributed by atoms with van der Waals surface area (Å²) in [5.74, 6) is -1.93. The second-order valence-electron chi connectivity index (χ2n) is 5.88. The van der Waals surface area contributed by atoms with Crippen molar-refractivity contribution in [3.63, 3.8) is 0 Å². The summed E-state index contributed by atoms with van der Waals surface area (Å²) < 4.78 is 39.4. The standard InChI is InChI=1S/C16H23F3N4O3/c1-3-4-5-6-12(9-23(26)10-24)15(25)22-21-14-13(16(17,18)19)11(2)7-8-20-14/h7-8,10,12,26H,3-6,9H2,1-2H3,(H,20,21)(H,22,25). The van der Waals surface area contributed by atoms with Gasteiger partial charge in [-0.1, -0.05) is 26.2 Å². The number of carbonyl (C=O) groups excluding carboxylic acids is 2. The lowest BCUT2D eigenvalue weighted by atomic mass is 10.0. The van der Waals surface area contributed by atoms with Gasteiger partial charge in [-0.05, 0) is 25.0 Å². The summed E-state index contributed by atoms with van der Waals surface area (Å²) in [6.45, 7) is 3.01. The predicted octanol–water partition coefficient (Wildman–Crippen LogP) is 2.90. The van der Waals surface area contributed by atoms with E-state index in [1.807, 2.05) is 6.92 Å². The smallest absolute Gasteiger partial charge is 0.286 e. The van der Waals surface area contributed by atoms with E-state index in [2.05, 4.69) is 15.8 Å². The van der Waals surface area contributed by atoms with Gasteiger partial charge in [-0.15, -0.1) is 0 Å². The molecule has 0 radical (unpaired) electrons. The van der Waals surface area contributed by atoms with Crippen LogP contribution in [0.4, 0.5) is 19.0 Å². The number of hydrazine groups is 1. The molecule has 7 nitrogen and oxygen atoms in total. The van der Waals surface area contributed by atoms with Crippen molar-refractivity contribution < 1.29 is 28.0 Å². The summed E-state index contributed by atoms with van der Waals surface area (Å²) in [6, 6.07) is 1.22. The van der Waals surface area contributed by atoms with E-state index in [1.165, 1.54) is 19.2 Å². The van der Waals surface area contributed by atoms with Gasteiger partial charge < -0.3 is 0 Å². The largest absolute Gasteiger partial charge is 0.420 e. The number of unbranched alkanes of at least 4 members (excludes halogenated alkanes) is 2. The van der Waals surface area contributed by atoms with Gasteiger partial charge in [-0.3, -0.25) is 25.6 Å². The molecule has 2 amide bonds. The molecule has 0 saturated heterocycles. The Bertz CT molecular complexity index is 611. The molecule has 1 heterocycles. The number of anilines is 1. The van der Waals surface area contributed by atoms with Gasteiger partial charge in [0.2, 0.25) is 12.3 Å². The Kier molecular flexibility index (Phi) is 8.30. The van der Waals surface area contributed by atoms with E-state index in [4.69, 9.17) is 0 Å². The van der Waals surface area contributed by atoms with Crippen LogP contribution in [0.1, 0.15) is 43.7 Å². The molecule has 10 heteroatoms. The first-order chi connectivity index (χ1) is 12.2. The fourth-order valence-electron chi connectivity index (χ4n) is 2.45. The van der Waals surface area contributed by atoms with Crippen LogP contribution < -0.4 is 10.9 Å². The first-order valence-corrected chi connectivity index (χ1v) is 8.20. The molecule has 1 aromatic heterocycles. The highest BCUT2D eigenvalue weighted by Crippen LogP contribution is 2.35. The summed E-state index contributed by atoms with van der Waals surface area (Å²) in [4.78, 5) is 26.5. The molecule has 0 aliphatic rings. The number of aromatic nitrogens is 1. The van der Waals surface area contributed by atoms with Crippen molar-refractivity contribution in [3.05, 3.63) is 23.4 Å². The van der Waals surface area contributed by atoms with Crippen molar-refractivity contribution in [2.45, 2.75) is 45.7 Å². The molecular formula is C16H23F3N4O3. The molecule has 3 N–H and O–H groups in total. The van der Waals surface area contributed by atoms with Gasteiger partial charge in [0.25, 0.3) is 0 Å². The highest BCUT2D eigenvalue weighted by atomic mass is 19.4. The van der Waals surface area contributed by atoms with E-state index in [9.17, 15) is 28.0 Å². The number of pyridine rings is 1. The van der Waals surface area contributed by atoms with Crippen molar-refractivity contribution in [3.8, 4) is 0 Å². The van der Waals surface area contributed by atoms with Crippen molar-refractivity contribution in [2.24, 2.45) is 5.92 Å². The van der Waals surface area contributed by atoms with Crippen LogP contribution in [-0.2, 0) is 15.8 Å². The highest BCUT2D eigenvalue weighted by molar-refractivity contribution is 5.80. The molecule has 0 aliphatic heterocycles. The number of halogens is 3. The zero-order valence-electron chi connectivity index (χ0n) is 14.6. The summed E-state index contributed by atoms with van der Waals surface area (Å²) >= 11 is 0. The number of rotatable bonds is 10. The number of nitrogens with zero attached hydrogens (tertiary/aromatic N) is 2. The maximum Gasteiger partial charge on any atom is 0.420 e. The average Bonchev–Trinajstić information content (AvgIpc) is 2.57. The van der Waals surface area contributed by atoms with Gasteiger partial charge in [0.05, 0.1) is 12.5 Å². The lowest BCUT2D eigenvalue weighted by Gasteiger charge is -2.21. The van der Waals surface area contributed by atoms with E-state index >= 15 is 0 Å². The number of nitrogens with one attached hydrogen (secondary N) is 2. The minimum atomic E-state index is -4.63. The molecule has 1 atom stereocenters. The van der Waals surface area contributed by atoms with Crippen LogP contribution in [0.25, 0.3) is 0 Å².